The van der Waals surface area contributed by atoms with Crippen LogP contribution in [0.4, 0.5) is 0 Å². The van der Waals surface area contributed by atoms with Gasteiger partial charge in [-0.05, 0) is 55.5 Å². The average molecular weight is 413 g/mol. The number of benzene rings is 1. The number of nitrogens with zero attached hydrogens (tertiary/aromatic N) is 1. The second kappa shape index (κ2) is 10.1. The van der Waals surface area contributed by atoms with Crippen LogP contribution < -0.4 is 10.8 Å². The van der Waals surface area contributed by atoms with Gasteiger partial charge in [-0.25, -0.2) is 5.48 Å². The minimum absolute atomic E-state index is 0.278. The van der Waals surface area contributed by atoms with Gasteiger partial charge in [0.05, 0.1) is 0 Å². The van der Waals surface area contributed by atoms with E-state index in [1.54, 1.807) is 31.4 Å². The van der Waals surface area contributed by atoms with Crippen molar-refractivity contribution in [3.63, 3.8) is 0 Å². The van der Waals surface area contributed by atoms with E-state index in [0.29, 0.717) is 11.8 Å². The maximum absolute atomic E-state index is 12.8. The summed E-state index contributed by atoms with van der Waals surface area (Å²) < 4.78 is 5.12. The van der Waals surface area contributed by atoms with E-state index in [0.717, 1.165) is 23.5 Å². The molecule has 0 bridgehead atoms. The van der Waals surface area contributed by atoms with Crippen LogP contribution in [0, 0.1) is 23.7 Å². The van der Waals surface area contributed by atoms with Crippen molar-refractivity contribution >= 4 is 17.7 Å². The number of rotatable bonds is 7. The molecule has 3 N–H and O–H groups in total. The molecule has 8 heteroatoms. The molecule has 2 rings (SSSR count). The monoisotopic (exact) mass is 413 g/mol. The van der Waals surface area contributed by atoms with Crippen LogP contribution in [0.1, 0.15) is 29.3 Å². The van der Waals surface area contributed by atoms with Gasteiger partial charge in [0.1, 0.15) is 0 Å². The Labute approximate surface area is 176 Å². The lowest BCUT2D eigenvalue weighted by molar-refractivity contribution is -0.148. The Morgan fingerprint density at radius 1 is 1.30 bits per heavy atom. The molecule has 1 fully saturated rings. The zero-order valence-corrected chi connectivity index (χ0v) is 17.6. The smallest absolute Gasteiger partial charge is 0.278 e. The molecule has 1 aliphatic rings. The number of ether oxygens (including phenoxy) is 1. The van der Waals surface area contributed by atoms with Crippen LogP contribution in [-0.2, 0) is 14.3 Å². The predicted molar refractivity (Wildman–Crippen MR) is 110 cm³/mol. The first-order valence-electron chi connectivity index (χ1n) is 9.51. The molecule has 0 heterocycles. The first kappa shape index (κ1) is 23.1. The second-order valence-corrected chi connectivity index (χ2v) is 7.28. The van der Waals surface area contributed by atoms with Crippen LogP contribution in [0.5, 0.6) is 0 Å². The summed E-state index contributed by atoms with van der Waals surface area (Å²) in [4.78, 5) is 38.1. The summed E-state index contributed by atoms with van der Waals surface area (Å²) in [5.41, 5.74) is 0.524. The standard InChI is InChI=1S/C22H27N3O5/c1-22(20(27)23-2,21(28)24-29)25(3)19(26)16-11-9-15(10-12-16)7-5-6-8-17-13-18(17)14-30-4/h6,8-12,17-18,29H,13-14H2,1-4H3,(H,23,27)(H,24,28)/b8-6+/t17?,18?,22-/m0/s1. The van der Waals surface area contributed by atoms with Gasteiger partial charge in [-0.15, -0.1) is 0 Å². The fourth-order valence-electron chi connectivity index (χ4n) is 3.06. The van der Waals surface area contributed by atoms with Gasteiger partial charge in [0.2, 0.25) is 0 Å². The minimum Gasteiger partial charge on any atom is -0.384 e. The van der Waals surface area contributed by atoms with Crippen molar-refractivity contribution in [1.29, 1.82) is 0 Å². The van der Waals surface area contributed by atoms with Gasteiger partial charge in [0.15, 0.2) is 5.54 Å². The third-order valence-corrected chi connectivity index (χ3v) is 5.32. The van der Waals surface area contributed by atoms with Gasteiger partial charge >= 0.3 is 0 Å². The fraction of sp³-hybridized carbons (Fsp3) is 0.409. The molecule has 8 nitrogen and oxygen atoms in total. The number of methoxy groups -OCH3 is 1. The van der Waals surface area contributed by atoms with Crippen molar-refractivity contribution in [1.82, 2.24) is 15.7 Å². The van der Waals surface area contributed by atoms with Crippen LogP contribution in [-0.4, -0.2) is 61.2 Å². The molecule has 3 atom stereocenters. The number of nitrogens with one attached hydrogen (secondary N) is 2. The summed E-state index contributed by atoms with van der Waals surface area (Å²) >= 11 is 0. The largest absolute Gasteiger partial charge is 0.384 e. The summed E-state index contributed by atoms with van der Waals surface area (Å²) in [5.74, 6) is 4.79. The molecule has 2 unspecified atom stereocenters. The lowest BCUT2D eigenvalue weighted by atomic mass is 9.96. The molecule has 1 aromatic rings. The summed E-state index contributed by atoms with van der Waals surface area (Å²) in [7, 11) is 4.36. The Hall–Kier alpha value is -3.15. The van der Waals surface area contributed by atoms with E-state index >= 15 is 0 Å². The molecule has 3 amide bonds. The van der Waals surface area contributed by atoms with Crippen LogP contribution in [0.3, 0.4) is 0 Å². The van der Waals surface area contributed by atoms with Crippen LogP contribution in [0.2, 0.25) is 0 Å². The Morgan fingerprint density at radius 2 is 1.97 bits per heavy atom. The molecule has 1 aliphatic carbocycles. The first-order valence-corrected chi connectivity index (χ1v) is 9.51. The maximum Gasteiger partial charge on any atom is 0.278 e. The quantitative estimate of drug-likeness (QED) is 0.267. The Kier molecular flexibility index (Phi) is 7.75. The zero-order chi connectivity index (χ0) is 22.3. The van der Waals surface area contributed by atoms with E-state index in [9.17, 15) is 14.4 Å². The van der Waals surface area contributed by atoms with Crippen LogP contribution in [0.15, 0.2) is 36.4 Å². The topological polar surface area (TPSA) is 108 Å². The maximum atomic E-state index is 12.8. The Morgan fingerprint density at radius 3 is 2.53 bits per heavy atom. The summed E-state index contributed by atoms with van der Waals surface area (Å²) in [6.07, 6.45) is 5.03. The molecule has 160 valence electrons. The normalized spacial score (nSPS) is 19.2. The number of carbonyl (C=O) groups excluding carboxylic acids is 3. The van der Waals surface area contributed by atoms with E-state index in [1.807, 2.05) is 6.08 Å². The van der Waals surface area contributed by atoms with Crippen molar-refractivity contribution in [2.24, 2.45) is 11.8 Å². The van der Waals surface area contributed by atoms with Gasteiger partial charge in [-0.3, -0.25) is 19.6 Å². The molecule has 0 radical (unpaired) electrons. The number of hydrogen-bond donors (Lipinski definition) is 3. The van der Waals surface area contributed by atoms with Gasteiger partial charge in [-0.1, -0.05) is 17.9 Å². The van der Waals surface area contributed by atoms with Crippen molar-refractivity contribution in [3.8, 4) is 11.8 Å². The Bertz CT molecular complexity index is 866. The van der Waals surface area contributed by atoms with Gasteiger partial charge < -0.3 is 15.0 Å². The molecule has 0 aromatic heterocycles. The second-order valence-electron chi connectivity index (χ2n) is 7.28. The SMILES string of the molecule is CNC(=O)[C@@](C)(C(=O)NO)N(C)C(=O)c1ccc(C#C/C=C/C2CC2COC)cc1. The molecule has 0 spiro atoms. The lowest BCUT2D eigenvalue weighted by Gasteiger charge is -2.34. The third kappa shape index (κ3) is 5.06. The molecular weight excluding hydrogens is 386 g/mol. The lowest BCUT2D eigenvalue weighted by Crippen LogP contribution is -2.64. The highest BCUT2D eigenvalue weighted by Gasteiger charge is 2.47. The van der Waals surface area contributed by atoms with Gasteiger partial charge in [0.25, 0.3) is 17.7 Å². The van der Waals surface area contributed by atoms with Crippen LogP contribution in [0.25, 0.3) is 0 Å². The highest BCUT2D eigenvalue weighted by Crippen LogP contribution is 2.39. The third-order valence-electron chi connectivity index (χ3n) is 5.32. The van der Waals surface area contributed by atoms with Crippen LogP contribution >= 0.6 is 0 Å². The van der Waals surface area contributed by atoms with E-state index in [1.165, 1.54) is 26.5 Å². The van der Waals surface area contributed by atoms with E-state index < -0.39 is 23.3 Å². The van der Waals surface area contributed by atoms with E-state index in [4.69, 9.17) is 9.94 Å². The highest BCUT2D eigenvalue weighted by atomic mass is 16.5. The molecule has 1 saturated carbocycles. The summed E-state index contributed by atoms with van der Waals surface area (Å²) in [5, 5.41) is 11.3. The number of hydrogen-bond acceptors (Lipinski definition) is 5. The van der Waals surface area contributed by atoms with Gasteiger partial charge in [0, 0.05) is 38.9 Å². The summed E-state index contributed by atoms with van der Waals surface area (Å²) in [6, 6.07) is 6.53. The molecule has 0 aliphatic heterocycles. The van der Waals surface area contributed by atoms with Crippen molar-refractivity contribution in [2.75, 3.05) is 27.8 Å². The average Bonchev–Trinajstić information content (AvgIpc) is 3.52. The minimum atomic E-state index is -1.92. The number of likely N-dealkylation sites (N-methyl/N-ethyl adjacent to an activating group) is 2. The Balaban J connectivity index is 2.07. The van der Waals surface area contributed by atoms with E-state index in [2.05, 4.69) is 23.2 Å². The summed E-state index contributed by atoms with van der Waals surface area (Å²) in [6.45, 7) is 2.02. The molecule has 0 saturated heterocycles. The molecule has 1 aromatic carbocycles. The number of allylic oxidation sites excluding steroid dienone is 2. The highest BCUT2D eigenvalue weighted by molar-refractivity contribution is 6.12. The number of amides is 3. The van der Waals surface area contributed by atoms with E-state index in [-0.39, 0.29) is 5.56 Å². The van der Waals surface area contributed by atoms with Crippen molar-refractivity contribution in [3.05, 3.63) is 47.5 Å². The zero-order valence-electron chi connectivity index (χ0n) is 17.6. The number of hydroxylamine groups is 1. The number of carbonyl (C=O) groups is 3. The van der Waals surface area contributed by atoms with Crippen molar-refractivity contribution < 1.29 is 24.3 Å². The molecule has 30 heavy (non-hydrogen) atoms. The predicted octanol–water partition coefficient (Wildman–Crippen LogP) is 0.959. The molecular formula is C22H27N3O5. The first-order chi connectivity index (χ1) is 14.3. The van der Waals surface area contributed by atoms with Gasteiger partial charge in [-0.2, -0.15) is 0 Å². The van der Waals surface area contributed by atoms with Crippen molar-refractivity contribution in [2.45, 2.75) is 18.9 Å². The fourth-order valence-corrected chi connectivity index (χ4v) is 3.06.